The van der Waals surface area contributed by atoms with Gasteiger partial charge in [-0.15, -0.1) is 5.10 Å². The Morgan fingerprint density at radius 2 is 2.14 bits per heavy atom. The lowest BCUT2D eigenvalue weighted by Gasteiger charge is -1.98. The Hall–Kier alpha value is -2.54. The summed E-state index contributed by atoms with van der Waals surface area (Å²) in [6.07, 6.45) is 1.86. The molecule has 7 heteroatoms. The van der Waals surface area contributed by atoms with Crippen LogP contribution in [0.2, 0.25) is 0 Å². The number of hydrogen-bond donors (Lipinski definition) is 1. The van der Waals surface area contributed by atoms with Crippen molar-refractivity contribution in [3.05, 3.63) is 47.6 Å². The molecule has 0 aliphatic carbocycles. The maximum absolute atomic E-state index is 5.28. The molecule has 2 aromatic heterocycles. The minimum atomic E-state index is 0.412. The summed E-state index contributed by atoms with van der Waals surface area (Å²) in [4.78, 5) is 4.41. The van der Waals surface area contributed by atoms with Crippen molar-refractivity contribution < 1.29 is 4.52 Å². The standard InChI is InChI=1S/C14H16N6O/c1-10-5-3-4-6-12(10)14-16-13(21-18-14)9-20-8-11(7-15-2)17-19-20/h3-6,8,15H,7,9H2,1-2H3. The Morgan fingerprint density at radius 1 is 1.29 bits per heavy atom. The smallest absolute Gasteiger partial charge is 0.248 e. The first-order valence-corrected chi connectivity index (χ1v) is 6.68. The van der Waals surface area contributed by atoms with Crippen molar-refractivity contribution in [1.82, 2.24) is 30.5 Å². The predicted octanol–water partition coefficient (Wildman–Crippen LogP) is 1.40. The molecule has 0 radical (unpaired) electrons. The first kappa shape index (κ1) is 13.4. The van der Waals surface area contributed by atoms with Crippen LogP contribution >= 0.6 is 0 Å². The van der Waals surface area contributed by atoms with E-state index in [-0.39, 0.29) is 0 Å². The van der Waals surface area contributed by atoms with E-state index in [2.05, 4.69) is 25.8 Å². The third-order valence-corrected chi connectivity index (χ3v) is 3.10. The van der Waals surface area contributed by atoms with Crippen LogP contribution in [0.3, 0.4) is 0 Å². The molecule has 0 aliphatic heterocycles. The summed E-state index contributed by atoms with van der Waals surface area (Å²) in [6, 6.07) is 7.94. The quantitative estimate of drug-likeness (QED) is 0.762. The topological polar surface area (TPSA) is 81.7 Å². The highest BCUT2D eigenvalue weighted by Crippen LogP contribution is 2.19. The molecule has 2 heterocycles. The van der Waals surface area contributed by atoms with E-state index in [1.54, 1.807) is 4.68 Å². The van der Waals surface area contributed by atoms with Crippen molar-refractivity contribution in [2.75, 3.05) is 7.05 Å². The van der Waals surface area contributed by atoms with E-state index in [0.29, 0.717) is 24.8 Å². The first-order valence-electron chi connectivity index (χ1n) is 6.68. The minimum Gasteiger partial charge on any atom is -0.337 e. The Morgan fingerprint density at radius 3 is 2.95 bits per heavy atom. The molecule has 21 heavy (non-hydrogen) atoms. The fourth-order valence-electron chi connectivity index (χ4n) is 2.07. The molecule has 0 saturated heterocycles. The van der Waals surface area contributed by atoms with Crippen LogP contribution in [-0.2, 0) is 13.1 Å². The molecule has 0 bridgehead atoms. The normalized spacial score (nSPS) is 11.0. The van der Waals surface area contributed by atoms with Gasteiger partial charge in [-0.05, 0) is 19.5 Å². The summed E-state index contributed by atoms with van der Waals surface area (Å²) in [7, 11) is 1.87. The number of nitrogens with zero attached hydrogens (tertiary/aromatic N) is 5. The zero-order valence-corrected chi connectivity index (χ0v) is 11.9. The highest BCUT2D eigenvalue weighted by atomic mass is 16.5. The second kappa shape index (κ2) is 5.84. The van der Waals surface area contributed by atoms with Crippen LogP contribution in [0, 0.1) is 6.92 Å². The largest absolute Gasteiger partial charge is 0.337 e. The molecule has 0 spiro atoms. The van der Waals surface area contributed by atoms with E-state index in [4.69, 9.17) is 4.52 Å². The monoisotopic (exact) mass is 284 g/mol. The second-order valence-electron chi connectivity index (χ2n) is 4.76. The molecule has 0 amide bonds. The molecular weight excluding hydrogens is 268 g/mol. The molecule has 0 atom stereocenters. The van der Waals surface area contributed by atoms with Gasteiger partial charge in [-0.1, -0.05) is 34.6 Å². The summed E-state index contributed by atoms with van der Waals surface area (Å²) in [5.74, 6) is 1.10. The molecular formula is C14H16N6O. The van der Waals surface area contributed by atoms with E-state index in [1.165, 1.54) is 0 Å². The van der Waals surface area contributed by atoms with Crippen LogP contribution in [-0.4, -0.2) is 32.2 Å². The van der Waals surface area contributed by atoms with Crippen LogP contribution in [0.15, 0.2) is 35.0 Å². The maximum Gasteiger partial charge on any atom is 0.248 e. The van der Waals surface area contributed by atoms with Gasteiger partial charge < -0.3 is 9.84 Å². The Balaban J connectivity index is 1.77. The van der Waals surface area contributed by atoms with Crippen molar-refractivity contribution in [3.8, 4) is 11.4 Å². The zero-order valence-electron chi connectivity index (χ0n) is 11.9. The van der Waals surface area contributed by atoms with Crippen LogP contribution < -0.4 is 5.32 Å². The molecule has 108 valence electrons. The van der Waals surface area contributed by atoms with Crippen molar-refractivity contribution in [2.24, 2.45) is 0 Å². The van der Waals surface area contributed by atoms with Gasteiger partial charge in [0.05, 0.1) is 11.9 Å². The zero-order chi connectivity index (χ0) is 14.7. The van der Waals surface area contributed by atoms with Gasteiger partial charge in [0.25, 0.3) is 0 Å². The molecule has 3 aromatic rings. The van der Waals surface area contributed by atoms with Gasteiger partial charge in [0, 0.05) is 12.1 Å². The third kappa shape index (κ3) is 2.97. The second-order valence-corrected chi connectivity index (χ2v) is 4.76. The Kier molecular flexibility index (Phi) is 3.74. The number of benzene rings is 1. The number of nitrogens with one attached hydrogen (secondary N) is 1. The fourth-order valence-corrected chi connectivity index (χ4v) is 2.07. The maximum atomic E-state index is 5.28. The number of rotatable bonds is 5. The summed E-state index contributed by atoms with van der Waals surface area (Å²) in [5.41, 5.74) is 2.96. The van der Waals surface area contributed by atoms with Crippen LogP contribution in [0.1, 0.15) is 17.1 Å². The van der Waals surface area contributed by atoms with E-state index in [9.17, 15) is 0 Å². The van der Waals surface area contributed by atoms with E-state index < -0.39 is 0 Å². The van der Waals surface area contributed by atoms with Gasteiger partial charge in [0.15, 0.2) is 0 Å². The fraction of sp³-hybridized carbons (Fsp3) is 0.286. The highest BCUT2D eigenvalue weighted by Gasteiger charge is 2.11. The van der Waals surface area contributed by atoms with Crippen LogP contribution in [0.25, 0.3) is 11.4 Å². The van der Waals surface area contributed by atoms with Crippen LogP contribution in [0.4, 0.5) is 0 Å². The molecule has 1 N–H and O–H groups in total. The number of aromatic nitrogens is 5. The molecule has 0 unspecified atom stereocenters. The molecule has 0 saturated carbocycles. The predicted molar refractivity (Wildman–Crippen MR) is 76.4 cm³/mol. The van der Waals surface area contributed by atoms with E-state index in [0.717, 1.165) is 16.8 Å². The Labute approximate surface area is 122 Å². The average Bonchev–Trinajstić information content (AvgIpc) is 3.10. The minimum absolute atomic E-state index is 0.412. The van der Waals surface area contributed by atoms with Crippen molar-refractivity contribution in [2.45, 2.75) is 20.0 Å². The number of hydrogen-bond acceptors (Lipinski definition) is 6. The molecule has 3 rings (SSSR count). The van der Waals surface area contributed by atoms with Crippen molar-refractivity contribution >= 4 is 0 Å². The van der Waals surface area contributed by atoms with Gasteiger partial charge in [-0.3, -0.25) is 0 Å². The summed E-state index contributed by atoms with van der Waals surface area (Å²) in [5, 5.41) is 15.1. The number of aryl methyl sites for hydroxylation is 1. The van der Waals surface area contributed by atoms with E-state index in [1.807, 2.05) is 44.4 Å². The average molecular weight is 284 g/mol. The van der Waals surface area contributed by atoms with Gasteiger partial charge in [0.2, 0.25) is 11.7 Å². The molecule has 0 fully saturated rings. The SMILES string of the molecule is CNCc1cn(Cc2nc(-c3ccccc3C)no2)nn1. The van der Waals surface area contributed by atoms with Gasteiger partial charge in [0.1, 0.15) is 6.54 Å². The summed E-state index contributed by atoms with van der Waals surface area (Å²) in [6.45, 7) is 3.11. The van der Waals surface area contributed by atoms with Gasteiger partial charge in [-0.25, -0.2) is 4.68 Å². The van der Waals surface area contributed by atoms with Crippen LogP contribution in [0.5, 0.6) is 0 Å². The Bertz CT molecular complexity index is 732. The lowest BCUT2D eigenvalue weighted by molar-refractivity contribution is 0.364. The van der Waals surface area contributed by atoms with Crippen molar-refractivity contribution in [3.63, 3.8) is 0 Å². The molecule has 1 aromatic carbocycles. The molecule has 0 aliphatic rings. The first-order chi connectivity index (χ1) is 10.3. The lowest BCUT2D eigenvalue weighted by Crippen LogP contribution is -2.05. The highest BCUT2D eigenvalue weighted by molar-refractivity contribution is 5.58. The third-order valence-electron chi connectivity index (χ3n) is 3.10. The lowest BCUT2D eigenvalue weighted by atomic mass is 10.1. The van der Waals surface area contributed by atoms with Gasteiger partial charge in [-0.2, -0.15) is 4.98 Å². The summed E-state index contributed by atoms with van der Waals surface area (Å²) < 4.78 is 6.96. The van der Waals surface area contributed by atoms with Crippen molar-refractivity contribution in [1.29, 1.82) is 0 Å². The van der Waals surface area contributed by atoms with Gasteiger partial charge >= 0.3 is 0 Å². The molecule has 7 nitrogen and oxygen atoms in total. The van der Waals surface area contributed by atoms with E-state index >= 15 is 0 Å². The summed E-state index contributed by atoms with van der Waals surface area (Å²) >= 11 is 0.